The number of nitrogens with zero attached hydrogens (tertiary/aromatic N) is 1. The van der Waals surface area contributed by atoms with Gasteiger partial charge in [0.1, 0.15) is 16.6 Å². The molecule has 0 unspecified atom stereocenters. The highest BCUT2D eigenvalue weighted by Crippen LogP contribution is 2.33. The fourth-order valence-corrected chi connectivity index (χ4v) is 3.80. The van der Waals surface area contributed by atoms with Gasteiger partial charge in [0.25, 0.3) is 5.91 Å². The number of rotatable bonds is 6. The standard InChI is InChI=1S/C20H20N2O3S2/c1-5-25-20(24)17-12(2)13(3)27-19(17)22-18(23)15(11-21)10-14-6-8-16(26-4)9-7-14/h6-10H,5H2,1-4H3,(H,22,23). The third-order valence-electron chi connectivity index (χ3n) is 3.88. The smallest absolute Gasteiger partial charge is 0.341 e. The monoisotopic (exact) mass is 400 g/mol. The second-order valence-corrected chi connectivity index (χ2v) is 7.71. The van der Waals surface area contributed by atoms with Gasteiger partial charge in [-0.05, 0) is 56.4 Å². The highest BCUT2D eigenvalue weighted by atomic mass is 32.2. The van der Waals surface area contributed by atoms with Crippen LogP contribution in [0.25, 0.3) is 6.08 Å². The lowest BCUT2D eigenvalue weighted by Crippen LogP contribution is -2.16. The quantitative estimate of drug-likeness (QED) is 0.326. The van der Waals surface area contributed by atoms with E-state index in [1.807, 2.05) is 50.4 Å². The van der Waals surface area contributed by atoms with E-state index in [-0.39, 0.29) is 12.2 Å². The molecular formula is C20H20N2O3S2. The Morgan fingerprint density at radius 2 is 1.96 bits per heavy atom. The van der Waals surface area contributed by atoms with Crippen LogP contribution in [-0.4, -0.2) is 24.7 Å². The molecule has 0 saturated carbocycles. The summed E-state index contributed by atoms with van der Waals surface area (Å²) in [6.07, 6.45) is 3.50. The molecule has 0 bridgehead atoms. The van der Waals surface area contributed by atoms with Crippen molar-refractivity contribution in [1.29, 1.82) is 5.26 Å². The molecule has 0 radical (unpaired) electrons. The SMILES string of the molecule is CCOC(=O)c1c(NC(=O)C(C#N)=Cc2ccc(SC)cc2)sc(C)c1C. The third kappa shape index (κ3) is 5.00. The summed E-state index contributed by atoms with van der Waals surface area (Å²) in [7, 11) is 0. The number of amides is 1. The van der Waals surface area contributed by atoms with Gasteiger partial charge in [0.05, 0.1) is 12.2 Å². The first-order chi connectivity index (χ1) is 12.9. The molecule has 140 valence electrons. The van der Waals surface area contributed by atoms with Crippen molar-refractivity contribution in [3.05, 3.63) is 51.4 Å². The summed E-state index contributed by atoms with van der Waals surface area (Å²) in [6, 6.07) is 9.47. The summed E-state index contributed by atoms with van der Waals surface area (Å²) in [6.45, 7) is 5.65. The molecule has 2 aromatic rings. The first-order valence-electron chi connectivity index (χ1n) is 8.25. The van der Waals surface area contributed by atoms with Gasteiger partial charge in [-0.3, -0.25) is 4.79 Å². The predicted molar refractivity (Wildman–Crippen MR) is 110 cm³/mol. The maximum atomic E-state index is 12.6. The number of thioether (sulfide) groups is 1. The Morgan fingerprint density at radius 1 is 1.30 bits per heavy atom. The number of anilines is 1. The molecule has 0 fully saturated rings. The van der Waals surface area contributed by atoms with Gasteiger partial charge >= 0.3 is 5.97 Å². The summed E-state index contributed by atoms with van der Waals surface area (Å²) in [5, 5.41) is 12.5. The van der Waals surface area contributed by atoms with Crippen LogP contribution in [0.2, 0.25) is 0 Å². The number of carbonyl (C=O) groups excluding carboxylic acids is 2. The highest BCUT2D eigenvalue weighted by Gasteiger charge is 2.23. The normalized spacial score (nSPS) is 11.0. The number of aryl methyl sites for hydroxylation is 1. The average molecular weight is 401 g/mol. The fourth-order valence-electron chi connectivity index (χ4n) is 2.35. The summed E-state index contributed by atoms with van der Waals surface area (Å²) >= 11 is 2.91. The van der Waals surface area contributed by atoms with E-state index in [9.17, 15) is 14.9 Å². The van der Waals surface area contributed by atoms with Crippen molar-refractivity contribution in [3.63, 3.8) is 0 Å². The van der Waals surface area contributed by atoms with Gasteiger partial charge < -0.3 is 10.1 Å². The Bertz CT molecular complexity index is 922. The van der Waals surface area contributed by atoms with E-state index in [4.69, 9.17) is 4.74 Å². The maximum Gasteiger partial charge on any atom is 0.341 e. The van der Waals surface area contributed by atoms with Crippen molar-refractivity contribution in [2.75, 3.05) is 18.2 Å². The molecule has 0 aliphatic heterocycles. The van der Waals surface area contributed by atoms with Gasteiger partial charge in [-0.2, -0.15) is 5.26 Å². The van der Waals surface area contributed by atoms with Crippen LogP contribution >= 0.6 is 23.1 Å². The van der Waals surface area contributed by atoms with Gasteiger partial charge in [0, 0.05) is 9.77 Å². The Morgan fingerprint density at radius 3 is 2.52 bits per heavy atom. The van der Waals surface area contributed by atoms with Gasteiger partial charge in [-0.25, -0.2) is 4.79 Å². The third-order valence-corrected chi connectivity index (χ3v) is 5.75. The average Bonchev–Trinajstić information content (AvgIpc) is 2.93. The molecule has 1 N–H and O–H groups in total. The molecular weight excluding hydrogens is 380 g/mol. The Balaban J connectivity index is 2.29. The molecule has 7 heteroatoms. The number of hydrogen-bond donors (Lipinski definition) is 1. The first kappa shape index (κ1) is 20.7. The van der Waals surface area contributed by atoms with E-state index in [0.717, 1.165) is 20.9 Å². The molecule has 1 aromatic heterocycles. The van der Waals surface area contributed by atoms with Gasteiger partial charge in [-0.15, -0.1) is 23.1 Å². The van der Waals surface area contributed by atoms with Crippen LogP contribution in [0, 0.1) is 25.2 Å². The molecule has 1 amide bonds. The van der Waals surface area contributed by atoms with E-state index in [1.54, 1.807) is 18.7 Å². The number of thiophene rings is 1. The largest absolute Gasteiger partial charge is 0.462 e. The van der Waals surface area contributed by atoms with Crippen molar-refractivity contribution < 1.29 is 14.3 Å². The number of carbonyl (C=O) groups is 2. The molecule has 2 rings (SSSR count). The number of benzene rings is 1. The van der Waals surface area contributed by atoms with Crippen LogP contribution in [0.4, 0.5) is 5.00 Å². The number of hydrogen-bond acceptors (Lipinski definition) is 6. The molecule has 27 heavy (non-hydrogen) atoms. The second-order valence-electron chi connectivity index (χ2n) is 5.60. The summed E-state index contributed by atoms with van der Waals surface area (Å²) in [5.41, 5.74) is 1.83. The van der Waals surface area contributed by atoms with E-state index in [0.29, 0.717) is 10.6 Å². The molecule has 0 aliphatic rings. The van der Waals surface area contributed by atoms with E-state index in [1.165, 1.54) is 17.4 Å². The van der Waals surface area contributed by atoms with Crippen LogP contribution in [0.1, 0.15) is 33.3 Å². The van der Waals surface area contributed by atoms with E-state index in [2.05, 4.69) is 5.32 Å². The van der Waals surface area contributed by atoms with Crippen molar-refractivity contribution in [2.24, 2.45) is 0 Å². The minimum absolute atomic E-state index is 0.0367. The van der Waals surface area contributed by atoms with Crippen LogP contribution in [0.3, 0.4) is 0 Å². The van der Waals surface area contributed by atoms with Crippen molar-refractivity contribution in [2.45, 2.75) is 25.7 Å². The lowest BCUT2D eigenvalue weighted by atomic mass is 10.1. The molecule has 1 aromatic carbocycles. The highest BCUT2D eigenvalue weighted by molar-refractivity contribution is 7.98. The fraction of sp³-hybridized carbons (Fsp3) is 0.250. The number of esters is 1. The van der Waals surface area contributed by atoms with Crippen LogP contribution in [0.5, 0.6) is 0 Å². The zero-order chi connectivity index (χ0) is 20.0. The first-order valence-corrected chi connectivity index (χ1v) is 10.3. The number of nitriles is 1. The zero-order valence-electron chi connectivity index (χ0n) is 15.6. The minimum Gasteiger partial charge on any atom is -0.462 e. The molecule has 0 saturated heterocycles. The Labute approximate surface area is 167 Å². The van der Waals surface area contributed by atoms with Gasteiger partial charge in [0.15, 0.2) is 0 Å². The number of nitrogens with one attached hydrogen (secondary N) is 1. The second kappa shape index (κ2) is 9.40. The lowest BCUT2D eigenvalue weighted by molar-refractivity contribution is -0.112. The van der Waals surface area contributed by atoms with E-state index >= 15 is 0 Å². The van der Waals surface area contributed by atoms with Gasteiger partial charge in [-0.1, -0.05) is 12.1 Å². The van der Waals surface area contributed by atoms with Crippen LogP contribution in [0.15, 0.2) is 34.7 Å². The molecule has 1 heterocycles. The van der Waals surface area contributed by atoms with Crippen LogP contribution < -0.4 is 5.32 Å². The molecule has 5 nitrogen and oxygen atoms in total. The van der Waals surface area contributed by atoms with Gasteiger partial charge in [0.2, 0.25) is 0 Å². The summed E-state index contributed by atoms with van der Waals surface area (Å²) < 4.78 is 5.08. The minimum atomic E-state index is -0.557. The molecule has 0 atom stereocenters. The van der Waals surface area contributed by atoms with Crippen molar-refractivity contribution in [3.8, 4) is 6.07 Å². The summed E-state index contributed by atoms with van der Waals surface area (Å²) in [4.78, 5) is 26.8. The number of ether oxygens (including phenoxy) is 1. The molecule has 0 spiro atoms. The zero-order valence-corrected chi connectivity index (χ0v) is 17.2. The van der Waals surface area contributed by atoms with Crippen molar-refractivity contribution >= 4 is 46.1 Å². The van der Waals surface area contributed by atoms with Crippen molar-refractivity contribution in [1.82, 2.24) is 0 Å². The Hall–Kier alpha value is -2.56. The maximum absolute atomic E-state index is 12.6. The molecule has 0 aliphatic carbocycles. The lowest BCUT2D eigenvalue weighted by Gasteiger charge is -2.07. The van der Waals surface area contributed by atoms with Crippen LogP contribution in [-0.2, 0) is 9.53 Å². The van der Waals surface area contributed by atoms with E-state index < -0.39 is 11.9 Å². The predicted octanol–water partition coefficient (Wildman–Crippen LogP) is 4.81. The summed E-state index contributed by atoms with van der Waals surface area (Å²) in [5.74, 6) is -1.04. The Kier molecular flexibility index (Phi) is 7.22. The topological polar surface area (TPSA) is 79.2 Å².